The maximum absolute atomic E-state index is 14.0. The molecule has 9 nitrogen and oxygen atoms in total. The number of anilines is 2. The van der Waals surface area contributed by atoms with Crippen LogP contribution in [-0.2, 0) is 27.9 Å². The van der Waals surface area contributed by atoms with Gasteiger partial charge in [-0.2, -0.15) is 18.3 Å². The highest BCUT2D eigenvalue weighted by atomic mass is 19.4. The van der Waals surface area contributed by atoms with Crippen LogP contribution < -0.4 is 10.6 Å². The van der Waals surface area contributed by atoms with Crippen molar-refractivity contribution in [2.75, 3.05) is 17.7 Å². The maximum atomic E-state index is 14.0. The van der Waals surface area contributed by atoms with Gasteiger partial charge in [-0.05, 0) is 42.9 Å². The molecule has 12 heteroatoms. The van der Waals surface area contributed by atoms with Crippen molar-refractivity contribution in [1.29, 1.82) is 0 Å². The van der Waals surface area contributed by atoms with E-state index in [0.717, 1.165) is 11.3 Å². The van der Waals surface area contributed by atoms with Gasteiger partial charge in [-0.3, -0.25) is 28.9 Å². The third-order valence-corrected chi connectivity index (χ3v) is 7.54. The summed E-state index contributed by atoms with van der Waals surface area (Å²) in [5.41, 5.74) is 6.38. The third kappa shape index (κ3) is 5.47. The molecule has 200 valence electrons. The number of aromatic nitrogens is 3. The number of carbonyl (C=O) groups excluding carboxylic acids is 3. The van der Waals surface area contributed by atoms with E-state index in [9.17, 15) is 27.6 Å². The number of hydrogen-bond acceptors (Lipinski definition) is 6. The predicted molar refractivity (Wildman–Crippen MR) is 129 cm³/mol. The maximum Gasteiger partial charge on any atom is 0.392 e. The predicted octanol–water partition coefficient (Wildman–Crippen LogP) is 3.11. The summed E-state index contributed by atoms with van der Waals surface area (Å²) in [5.74, 6) is -5.01. The molecular formula is C25H31F3N6O3. The van der Waals surface area contributed by atoms with E-state index in [1.54, 1.807) is 25.2 Å². The molecule has 4 rings (SSSR count). The second kappa shape index (κ2) is 10.5. The van der Waals surface area contributed by atoms with Crippen LogP contribution in [0.15, 0.2) is 30.6 Å². The smallest absolute Gasteiger partial charge is 0.384 e. The molecule has 1 saturated carbocycles. The molecule has 0 aromatic carbocycles. The summed E-state index contributed by atoms with van der Waals surface area (Å²) < 4.78 is 43.5. The average molecular weight is 521 g/mol. The molecule has 0 spiro atoms. The Labute approximate surface area is 212 Å². The minimum atomic E-state index is -4.58. The van der Waals surface area contributed by atoms with Gasteiger partial charge in [-0.1, -0.05) is 19.3 Å². The summed E-state index contributed by atoms with van der Waals surface area (Å²) in [7, 11) is 3.11. The molecule has 0 unspecified atom stereocenters. The zero-order chi connectivity index (χ0) is 26.9. The molecule has 3 amide bonds. The first-order valence-corrected chi connectivity index (χ1v) is 12.4. The van der Waals surface area contributed by atoms with Crippen LogP contribution in [0, 0.1) is 17.8 Å². The van der Waals surface area contributed by atoms with Crippen molar-refractivity contribution in [2.45, 2.75) is 57.2 Å². The molecular weight excluding hydrogens is 489 g/mol. The van der Waals surface area contributed by atoms with Gasteiger partial charge < -0.3 is 5.73 Å². The van der Waals surface area contributed by atoms with Crippen LogP contribution in [0.2, 0.25) is 0 Å². The van der Waals surface area contributed by atoms with Crippen LogP contribution in [0.25, 0.3) is 0 Å². The van der Waals surface area contributed by atoms with E-state index in [-0.39, 0.29) is 12.2 Å². The number of aryl methyl sites for hydroxylation is 1. The molecule has 0 radical (unpaired) electrons. The number of hydrogen-bond donors (Lipinski definition) is 1. The molecule has 2 aliphatic rings. The summed E-state index contributed by atoms with van der Waals surface area (Å²) in [4.78, 5) is 45.9. The molecule has 1 aliphatic carbocycles. The van der Waals surface area contributed by atoms with E-state index in [0.29, 0.717) is 37.1 Å². The van der Waals surface area contributed by atoms with Gasteiger partial charge in [0.1, 0.15) is 17.7 Å². The number of β-lactam (4-membered cyclic amide) rings is 1. The Bertz CT molecular complexity index is 1160. The standard InChI is InChI=1S/C25H31F3N6O3/c1-32(20-9-11-31-33(20)2)24(37)22-17(12-15-8-10-30-19(29)13-15)23(36)34(22)21(35)14-18(25(26,27)28)16-6-4-3-5-7-16/h8-11,13,16-18,22H,3-7,12,14H2,1-2H3,(H2,29,30)/t17-,18+,22+/m1/s1. The van der Waals surface area contributed by atoms with Crippen molar-refractivity contribution in [2.24, 2.45) is 24.8 Å². The Kier molecular flexibility index (Phi) is 7.56. The third-order valence-electron chi connectivity index (χ3n) is 7.54. The lowest BCUT2D eigenvalue weighted by atomic mass is 9.76. The molecule has 1 aliphatic heterocycles. The second-order valence-corrected chi connectivity index (χ2v) is 9.91. The van der Waals surface area contributed by atoms with E-state index >= 15 is 0 Å². The lowest BCUT2D eigenvalue weighted by Gasteiger charge is -2.46. The second-order valence-electron chi connectivity index (χ2n) is 9.91. The molecule has 37 heavy (non-hydrogen) atoms. The molecule has 3 atom stereocenters. The van der Waals surface area contributed by atoms with Gasteiger partial charge in [0, 0.05) is 32.8 Å². The van der Waals surface area contributed by atoms with Crippen LogP contribution in [0.4, 0.5) is 24.8 Å². The minimum Gasteiger partial charge on any atom is -0.384 e. The SMILES string of the molecule is CN(C(=O)[C@@H]1[C@@H](Cc2ccnc(N)c2)C(=O)N1C(=O)C[C@@H](C1CCCCC1)C(F)(F)F)c1ccnn1C. The monoisotopic (exact) mass is 520 g/mol. The zero-order valence-corrected chi connectivity index (χ0v) is 20.8. The number of nitrogen functional groups attached to an aromatic ring is 1. The van der Waals surface area contributed by atoms with Crippen molar-refractivity contribution in [3.8, 4) is 0 Å². The first-order valence-electron chi connectivity index (χ1n) is 12.4. The Balaban J connectivity index is 1.60. The van der Waals surface area contributed by atoms with Crippen LogP contribution in [-0.4, -0.2) is 56.7 Å². The first-order chi connectivity index (χ1) is 17.5. The number of imide groups is 1. The normalized spacial score (nSPS) is 21.4. The van der Waals surface area contributed by atoms with E-state index in [1.165, 1.54) is 29.0 Å². The number of rotatable bonds is 7. The van der Waals surface area contributed by atoms with Crippen molar-refractivity contribution >= 4 is 29.4 Å². The fourth-order valence-corrected chi connectivity index (χ4v) is 5.56. The van der Waals surface area contributed by atoms with E-state index < -0.39 is 54.1 Å². The van der Waals surface area contributed by atoms with Crippen molar-refractivity contribution < 1.29 is 27.6 Å². The lowest BCUT2D eigenvalue weighted by Crippen LogP contribution is -2.69. The highest BCUT2D eigenvalue weighted by molar-refractivity contribution is 6.12. The Morgan fingerprint density at radius 3 is 2.49 bits per heavy atom. The number of nitrogens with zero attached hydrogens (tertiary/aromatic N) is 5. The average Bonchev–Trinajstić information content (AvgIpc) is 3.28. The van der Waals surface area contributed by atoms with Gasteiger partial charge in [-0.15, -0.1) is 0 Å². The molecule has 2 fully saturated rings. The topological polar surface area (TPSA) is 114 Å². The largest absolute Gasteiger partial charge is 0.392 e. The number of carbonyl (C=O) groups is 3. The van der Waals surface area contributed by atoms with Crippen molar-refractivity contribution in [1.82, 2.24) is 19.7 Å². The number of nitrogens with two attached hydrogens (primary N) is 1. The van der Waals surface area contributed by atoms with E-state index in [1.807, 2.05) is 0 Å². The van der Waals surface area contributed by atoms with Crippen LogP contribution in [0.3, 0.4) is 0 Å². The summed E-state index contributed by atoms with van der Waals surface area (Å²) in [5, 5.41) is 4.04. The van der Waals surface area contributed by atoms with Crippen LogP contribution in [0.5, 0.6) is 0 Å². The highest BCUT2D eigenvalue weighted by Crippen LogP contribution is 2.43. The first kappa shape index (κ1) is 26.6. The van der Waals surface area contributed by atoms with Gasteiger partial charge in [0.05, 0.1) is 18.0 Å². The zero-order valence-electron chi connectivity index (χ0n) is 20.8. The van der Waals surface area contributed by atoms with Crippen LogP contribution >= 0.6 is 0 Å². The number of amides is 3. The quantitative estimate of drug-likeness (QED) is 0.561. The molecule has 2 N–H and O–H groups in total. The molecule has 0 bridgehead atoms. The number of alkyl halides is 3. The fourth-order valence-electron chi connectivity index (χ4n) is 5.56. The summed E-state index contributed by atoms with van der Waals surface area (Å²) >= 11 is 0. The van der Waals surface area contributed by atoms with E-state index in [2.05, 4.69) is 10.1 Å². The number of likely N-dealkylation sites (tertiary alicyclic amines) is 1. The number of halogens is 3. The summed E-state index contributed by atoms with van der Waals surface area (Å²) in [6, 6.07) is 3.55. The van der Waals surface area contributed by atoms with Crippen molar-refractivity contribution in [3.63, 3.8) is 0 Å². The van der Waals surface area contributed by atoms with Gasteiger partial charge >= 0.3 is 6.18 Å². The minimum absolute atomic E-state index is 0.0935. The summed E-state index contributed by atoms with van der Waals surface area (Å²) in [6.45, 7) is 0. The van der Waals surface area contributed by atoms with E-state index in [4.69, 9.17) is 5.73 Å². The molecule has 2 aromatic rings. The Morgan fingerprint density at radius 1 is 1.19 bits per heavy atom. The number of pyridine rings is 1. The van der Waals surface area contributed by atoms with Crippen molar-refractivity contribution in [3.05, 3.63) is 36.2 Å². The van der Waals surface area contributed by atoms with Crippen LogP contribution in [0.1, 0.15) is 44.1 Å². The highest BCUT2D eigenvalue weighted by Gasteiger charge is 2.56. The molecule has 1 saturated heterocycles. The molecule has 3 heterocycles. The Hall–Kier alpha value is -3.44. The van der Waals surface area contributed by atoms with Gasteiger partial charge in [0.2, 0.25) is 11.8 Å². The van der Waals surface area contributed by atoms with Gasteiger partial charge in [0.25, 0.3) is 5.91 Å². The Morgan fingerprint density at radius 2 is 1.89 bits per heavy atom. The number of likely N-dealkylation sites (N-methyl/N-ethyl adjacent to an activating group) is 1. The molecule has 2 aromatic heterocycles. The van der Waals surface area contributed by atoms with Gasteiger partial charge in [0.15, 0.2) is 0 Å². The van der Waals surface area contributed by atoms with Gasteiger partial charge in [-0.25, -0.2) is 4.98 Å². The fraction of sp³-hybridized carbons (Fsp3) is 0.560. The lowest BCUT2D eigenvalue weighted by molar-refractivity contribution is -0.199. The summed E-state index contributed by atoms with van der Waals surface area (Å²) in [6.07, 6.45) is 0.638.